The van der Waals surface area contributed by atoms with Gasteiger partial charge in [0, 0.05) is 66.6 Å². The molecule has 1 amide bonds. The first-order chi connectivity index (χ1) is 17.8. The number of carbonyl (C=O) groups excluding carboxylic acids is 1. The Bertz CT molecular complexity index is 1380. The first-order valence-electron chi connectivity index (χ1n) is 11.8. The Labute approximate surface area is 218 Å². The van der Waals surface area contributed by atoms with E-state index in [-0.39, 0.29) is 12.9 Å². The number of anilines is 5. The molecule has 11 heteroatoms. The van der Waals surface area contributed by atoms with Gasteiger partial charge in [0.2, 0.25) is 5.95 Å². The number of hydrogen-bond donors (Lipinski definition) is 3. The predicted octanol–water partition coefficient (Wildman–Crippen LogP) is 4.32. The molecule has 0 spiro atoms. The molecule has 196 valence electrons. The minimum absolute atomic E-state index is 0. The van der Waals surface area contributed by atoms with E-state index >= 15 is 0 Å². The summed E-state index contributed by atoms with van der Waals surface area (Å²) in [6.45, 7) is 7.12. The number of amides is 1. The van der Waals surface area contributed by atoms with Crippen molar-refractivity contribution in [2.45, 2.75) is 0 Å². The molecule has 4 rings (SSSR count). The van der Waals surface area contributed by atoms with Crippen LogP contribution in [0.2, 0.25) is 0 Å². The number of nitrogens with one attached hydrogen (secondary N) is 3. The van der Waals surface area contributed by atoms with Crippen LogP contribution in [0, 0.1) is 0 Å². The van der Waals surface area contributed by atoms with Crippen LogP contribution in [0.25, 0.3) is 0 Å². The lowest BCUT2D eigenvalue weighted by Gasteiger charge is -2.28. The molecule has 1 fully saturated rings. The molecule has 1 aliphatic rings. The van der Waals surface area contributed by atoms with Crippen molar-refractivity contribution in [1.29, 1.82) is 0 Å². The Morgan fingerprint density at radius 2 is 1.92 bits per heavy atom. The standard InChI is InChI=1S/C26H31N7O3S.H2/c1-4-12-27-25(34)23-18-28-26(30-19-8-10-22(11-9-19)33-13-15-36-16-14-33)31-24(23)29-20-6-5-7-21(17-20)32-37(2,3)35;/h4-11,17-18H,1,12-16H2,2-3H3,(H,27,34)(H2,28,29,30,31);1H. The van der Waals surface area contributed by atoms with Gasteiger partial charge in [-0.15, -0.1) is 6.58 Å². The molecule has 1 aromatic heterocycles. The van der Waals surface area contributed by atoms with Crippen LogP contribution in [0.3, 0.4) is 0 Å². The largest absolute Gasteiger partial charge is 0.378 e. The Balaban J connectivity index is 0.00000400. The van der Waals surface area contributed by atoms with E-state index in [1.54, 1.807) is 36.8 Å². The number of rotatable bonds is 9. The molecule has 2 heterocycles. The van der Waals surface area contributed by atoms with Gasteiger partial charge in [0.15, 0.2) is 0 Å². The van der Waals surface area contributed by atoms with Gasteiger partial charge in [0.1, 0.15) is 11.4 Å². The zero-order valence-corrected chi connectivity index (χ0v) is 21.8. The van der Waals surface area contributed by atoms with Crippen LogP contribution in [0.4, 0.5) is 34.5 Å². The average Bonchev–Trinajstić information content (AvgIpc) is 2.88. The second-order valence-corrected chi connectivity index (χ2v) is 11.2. The van der Waals surface area contributed by atoms with Crippen LogP contribution in [0.15, 0.2) is 71.7 Å². The maximum absolute atomic E-state index is 12.8. The van der Waals surface area contributed by atoms with E-state index in [1.807, 2.05) is 30.3 Å². The van der Waals surface area contributed by atoms with Crippen LogP contribution in [0.5, 0.6) is 0 Å². The van der Waals surface area contributed by atoms with E-state index in [0.29, 0.717) is 29.7 Å². The molecule has 2 aromatic carbocycles. The van der Waals surface area contributed by atoms with E-state index < -0.39 is 9.73 Å². The van der Waals surface area contributed by atoms with Gasteiger partial charge in [-0.1, -0.05) is 12.1 Å². The van der Waals surface area contributed by atoms with E-state index in [9.17, 15) is 9.00 Å². The zero-order valence-electron chi connectivity index (χ0n) is 20.9. The highest BCUT2D eigenvalue weighted by Crippen LogP contribution is 2.26. The number of hydrogen-bond acceptors (Lipinski definition) is 9. The summed E-state index contributed by atoms with van der Waals surface area (Å²) in [6.07, 6.45) is 6.22. The van der Waals surface area contributed by atoms with Gasteiger partial charge < -0.3 is 25.6 Å². The zero-order chi connectivity index (χ0) is 26.3. The van der Waals surface area contributed by atoms with Gasteiger partial charge in [0.25, 0.3) is 5.91 Å². The fourth-order valence-corrected chi connectivity index (χ4v) is 4.32. The molecule has 37 heavy (non-hydrogen) atoms. The summed E-state index contributed by atoms with van der Waals surface area (Å²) >= 11 is 0. The van der Waals surface area contributed by atoms with Crippen molar-refractivity contribution in [3.63, 3.8) is 0 Å². The topological polar surface area (TPSA) is 121 Å². The lowest BCUT2D eigenvalue weighted by molar-refractivity contribution is 0.0958. The number of morpholine rings is 1. The first-order valence-corrected chi connectivity index (χ1v) is 14.1. The van der Waals surface area contributed by atoms with Gasteiger partial charge in [-0.2, -0.15) is 9.35 Å². The number of nitrogens with zero attached hydrogens (tertiary/aromatic N) is 4. The van der Waals surface area contributed by atoms with E-state index in [2.05, 4.69) is 41.8 Å². The van der Waals surface area contributed by atoms with E-state index in [1.165, 1.54) is 6.20 Å². The summed E-state index contributed by atoms with van der Waals surface area (Å²) in [5.41, 5.74) is 3.41. The quantitative estimate of drug-likeness (QED) is 0.355. The number of ether oxygens (including phenoxy) is 1. The smallest absolute Gasteiger partial charge is 0.256 e. The van der Waals surface area contributed by atoms with Crippen molar-refractivity contribution < 1.29 is 15.2 Å². The van der Waals surface area contributed by atoms with Gasteiger partial charge in [0.05, 0.1) is 18.9 Å². The number of aromatic nitrogens is 2. The van der Waals surface area contributed by atoms with Crippen LogP contribution in [0.1, 0.15) is 11.8 Å². The van der Waals surface area contributed by atoms with Crippen LogP contribution >= 0.6 is 0 Å². The molecule has 1 saturated heterocycles. The van der Waals surface area contributed by atoms with E-state index in [4.69, 9.17) is 4.74 Å². The molecule has 1 aliphatic heterocycles. The molecule has 3 N–H and O–H groups in total. The molecule has 0 bridgehead atoms. The monoisotopic (exact) mass is 523 g/mol. The van der Waals surface area contributed by atoms with Crippen LogP contribution in [-0.4, -0.2) is 65.4 Å². The van der Waals surface area contributed by atoms with Gasteiger partial charge >= 0.3 is 0 Å². The molecule has 0 saturated carbocycles. The van der Waals surface area contributed by atoms with Crippen molar-refractivity contribution in [2.75, 3.05) is 60.9 Å². The summed E-state index contributed by atoms with van der Waals surface area (Å²) in [7, 11) is -2.32. The second kappa shape index (κ2) is 11.8. The third-order valence-corrected chi connectivity index (χ3v) is 6.02. The third kappa shape index (κ3) is 7.51. The minimum Gasteiger partial charge on any atom is -0.378 e. The van der Waals surface area contributed by atoms with Crippen molar-refractivity contribution in [2.24, 2.45) is 4.36 Å². The summed E-state index contributed by atoms with van der Waals surface area (Å²) in [5, 5.41) is 9.14. The highest BCUT2D eigenvalue weighted by Gasteiger charge is 2.16. The van der Waals surface area contributed by atoms with E-state index in [0.717, 1.165) is 37.7 Å². The predicted molar refractivity (Wildman–Crippen MR) is 151 cm³/mol. The summed E-state index contributed by atoms with van der Waals surface area (Å²) in [5.74, 6) is 0.303. The third-order valence-electron chi connectivity index (χ3n) is 5.37. The van der Waals surface area contributed by atoms with Crippen molar-refractivity contribution in [1.82, 2.24) is 15.3 Å². The maximum Gasteiger partial charge on any atom is 0.256 e. The fourth-order valence-electron chi connectivity index (χ4n) is 3.70. The molecular formula is C26H33N7O3S. The second-order valence-electron chi connectivity index (χ2n) is 8.67. The molecule has 3 aromatic rings. The van der Waals surface area contributed by atoms with Gasteiger partial charge in [-0.25, -0.2) is 9.19 Å². The molecule has 0 radical (unpaired) electrons. The van der Waals surface area contributed by atoms with Crippen molar-refractivity contribution in [3.05, 3.63) is 72.9 Å². The fraction of sp³-hybridized carbons (Fsp3) is 0.269. The Morgan fingerprint density at radius 3 is 2.62 bits per heavy atom. The SMILES string of the molecule is C=CCNC(=O)c1cnc(Nc2ccc(N3CCOCC3)cc2)nc1Nc1cccc(N=S(C)(C)=O)c1.[HH]. The highest BCUT2D eigenvalue weighted by atomic mass is 32.2. The summed E-state index contributed by atoms with van der Waals surface area (Å²) in [4.78, 5) is 24.0. The molecule has 0 atom stereocenters. The minimum atomic E-state index is -2.32. The number of benzene rings is 2. The van der Waals surface area contributed by atoms with Crippen LogP contribution in [-0.2, 0) is 14.5 Å². The highest BCUT2D eigenvalue weighted by molar-refractivity contribution is 7.92. The summed E-state index contributed by atoms with van der Waals surface area (Å²) < 4.78 is 21.8. The summed E-state index contributed by atoms with van der Waals surface area (Å²) in [6, 6.07) is 15.1. The van der Waals surface area contributed by atoms with Crippen LogP contribution < -0.4 is 20.9 Å². The molecule has 0 aliphatic carbocycles. The number of carbonyl (C=O) groups is 1. The normalized spacial score (nSPS) is 13.5. The Hall–Kier alpha value is -3.96. The average molecular weight is 524 g/mol. The first kappa shape index (κ1) is 26.1. The molecular weight excluding hydrogens is 490 g/mol. The Kier molecular flexibility index (Phi) is 8.36. The molecule has 0 unspecified atom stereocenters. The lowest BCUT2D eigenvalue weighted by Crippen LogP contribution is -2.36. The maximum atomic E-state index is 12.8. The van der Waals surface area contributed by atoms with Gasteiger partial charge in [-0.05, 0) is 42.5 Å². The molecule has 10 nitrogen and oxygen atoms in total. The Morgan fingerprint density at radius 1 is 1.16 bits per heavy atom. The van der Waals surface area contributed by atoms with Crippen molar-refractivity contribution >= 4 is 50.2 Å². The van der Waals surface area contributed by atoms with Crippen molar-refractivity contribution in [3.8, 4) is 0 Å². The van der Waals surface area contributed by atoms with Gasteiger partial charge in [-0.3, -0.25) is 4.79 Å². The lowest BCUT2D eigenvalue weighted by atomic mass is 10.2.